The standard InChI is InChI=1S/C26H22F3N3O3S/c1-35-16-8-6-7-15(13-16)23-31-24-22(17-9-2-5-12-20(17)36-24)25(34)32(23)14-21(33)30-19-11-4-3-10-18(19)26(27,28)29/h3-4,6-8,10-11,13H,2,5,9,12,14H2,1H3,(H,30,33). The van der Waals surface area contributed by atoms with E-state index in [1.54, 1.807) is 24.3 Å². The number of carbonyl (C=O) groups is 1. The number of ether oxygens (including phenoxy) is 1. The van der Waals surface area contributed by atoms with E-state index >= 15 is 0 Å². The number of thiophene rings is 1. The molecule has 0 aliphatic heterocycles. The van der Waals surface area contributed by atoms with Crippen LogP contribution in [0.2, 0.25) is 0 Å². The monoisotopic (exact) mass is 513 g/mol. The molecular weight excluding hydrogens is 491 g/mol. The molecule has 1 amide bonds. The Morgan fingerprint density at radius 1 is 1.14 bits per heavy atom. The highest BCUT2D eigenvalue weighted by Crippen LogP contribution is 2.36. The molecular formula is C26H22F3N3O3S. The van der Waals surface area contributed by atoms with E-state index in [2.05, 4.69) is 5.32 Å². The molecule has 10 heteroatoms. The lowest BCUT2D eigenvalue weighted by Crippen LogP contribution is -2.30. The van der Waals surface area contributed by atoms with Gasteiger partial charge < -0.3 is 10.1 Å². The molecule has 1 N–H and O–H groups in total. The number of benzene rings is 2. The van der Waals surface area contributed by atoms with E-state index in [0.29, 0.717) is 21.5 Å². The molecule has 0 unspecified atom stereocenters. The number of anilines is 1. The average molecular weight is 514 g/mol. The number of aromatic nitrogens is 2. The first-order valence-electron chi connectivity index (χ1n) is 11.4. The Morgan fingerprint density at radius 3 is 2.69 bits per heavy atom. The van der Waals surface area contributed by atoms with E-state index in [1.807, 2.05) is 0 Å². The summed E-state index contributed by atoms with van der Waals surface area (Å²) in [6.45, 7) is -0.495. The van der Waals surface area contributed by atoms with Crippen LogP contribution in [-0.4, -0.2) is 22.6 Å². The second kappa shape index (κ2) is 9.42. The minimum absolute atomic E-state index is 0.254. The van der Waals surface area contributed by atoms with Crippen molar-refractivity contribution in [3.05, 3.63) is 74.9 Å². The minimum Gasteiger partial charge on any atom is -0.497 e. The van der Waals surface area contributed by atoms with Crippen molar-refractivity contribution in [2.45, 2.75) is 38.4 Å². The quantitative estimate of drug-likeness (QED) is 0.373. The van der Waals surface area contributed by atoms with Crippen LogP contribution >= 0.6 is 11.3 Å². The Balaban J connectivity index is 1.61. The summed E-state index contributed by atoms with van der Waals surface area (Å²) in [6, 6.07) is 11.7. The fourth-order valence-corrected chi connectivity index (χ4v) is 5.79. The van der Waals surface area contributed by atoms with Crippen molar-refractivity contribution in [1.82, 2.24) is 9.55 Å². The highest BCUT2D eigenvalue weighted by Gasteiger charge is 2.33. The lowest BCUT2D eigenvalue weighted by atomic mass is 9.97. The summed E-state index contributed by atoms with van der Waals surface area (Å²) < 4.78 is 46.8. The number of rotatable bonds is 5. The summed E-state index contributed by atoms with van der Waals surface area (Å²) in [5, 5.41) is 2.82. The van der Waals surface area contributed by atoms with Crippen molar-refractivity contribution >= 4 is 33.1 Å². The van der Waals surface area contributed by atoms with Crippen LogP contribution in [0.25, 0.3) is 21.6 Å². The molecule has 4 aromatic rings. The second-order valence-electron chi connectivity index (χ2n) is 8.54. The fraction of sp³-hybridized carbons (Fsp3) is 0.269. The van der Waals surface area contributed by atoms with Crippen LogP contribution in [0.15, 0.2) is 53.3 Å². The van der Waals surface area contributed by atoms with Gasteiger partial charge in [0.15, 0.2) is 0 Å². The number of hydrogen-bond acceptors (Lipinski definition) is 5. The third kappa shape index (κ3) is 4.48. The summed E-state index contributed by atoms with van der Waals surface area (Å²) in [7, 11) is 1.52. The Hall–Kier alpha value is -3.66. The number of amides is 1. The molecule has 6 nitrogen and oxygen atoms in total. The highest BCUT2D eigenvalue weighted by molar-refractivity contribution is 7.18. The first-order chi connectivity index (χ1) is 17.3. The van der Waals surface area contributed by atoms with Crippen LogP contribution in [0.3, 0.4) is 0 Å². The number of halogens is 3. The molecule has 0 spiro atoms. The molecule has 0 saturated heterocycles. The molecule has 0 saturated carbocycles. The molecule has 1 aliphatic rings. The molecule has 0 atom stereocenters. The van der Waals surface area contributed by atoms with Gasteiger partial charge in [-0.2, -0.15) is 13.2 Å². The third-order valence-corrected chi connectivity index (χ3v) is 7.40. The number of alkyl halides is 3. The zero-order valence-electron chi connectivity index (χ0n) is 19.3. The van der Waals surface area contributed by atoms with E-state index in [4.69, 9.17) is 9.72 Å². The van der Waals surface area contributed by atoms with Gasteiger partial charge in [-0.1, -0.05) is 24.3 Å². The molecule has 0 radical (unpaired) electrons. The SMILES string of the molecule is COc1cccc(-c2nc3sc4c(c3c(=O)n2CC(=O)Nc2ccccc2C(F)(F)F)CCCC4)c1. The van der Waals surface area contributed by atoms with Gasteiger partial charge in [-0.15, -0.1) is 11.3 Å². The van der Waals surface area contributed by atoms with E-state index in [-0.39, 0.29) is 17.1 Å². The van der Waals surface area contributed by atoms with Gasteiger partial charge in [-0.3, -0.25) is 14.2 Å². The number of methoxy groups -OCH3 is 1. The van der Waals surface area contributed by atoms with Crippen LogP contribution in [-0.2, 0) is 30.4 Å². The molecule has 36 heavy (non-hydrogen) atoms. The zero-order chi connectivity index (χ0) is 25.4. The molecule has 0 bridgehead atoms. The number of aryl methyl sites for hydroxylation is 2. The largest absolute Gasteiger partial charge is 0.497 e. The fourth-order valence-electron chi connectivity index (χ4n) is 4.54. The summed E-state index contributed by atoms with van der Waals surface area (Å²) in [4.78, 5) is 33.3. The molecule has 2 aromatic heterocycles. The van der Waals surface area contributed by atoms with Gasteiger partial charge in [0.2, 0.25) is 5.91 Å². The maximum absolute atomic E-state index is 13.8. The van der Waals surface area contributed by atoms with Crippen molar-refractivity contribution in [2.24, 2.45) is 0 Å². The molecule has 5 rings (SSSR count). The first kappa shape index (κ1) is 24.1. The minimum atomic E-state index is -4.64. The van der Waals surface area contributed by atoms with Gasteiger partial charge in [0.05, 0.1) is 23.7 Å². The smallest absolute Gasteiger partial charge is 0.418 e. The Bertz CT molecular complexity index is 1520. The number of para-hydroxylation sites is 1. The van der Waals surface area contributed by atoms with Crippen molar-refractivity contribution in [1.29, 1.82) is 0 Å². The Morgan fingerprint density at radius 2 is 1.92 bits per heavy atom. The van der Waals surface area contributed by atoms with Crippen LogP contribution in [0.5, 0.6) is 5.75 Å². The van der Waals surface area contributed by atoms with Crippen molar-refractivity contribution < 1.29 is 22.7 Å². The predicted octanol–water partition coefficient (Wildman–Crippen LogP) is 5.67. The van der Waals surface area contributed by atoms with Gasteiger partial charge in [-0.05, 0) is 55.5 Å². The molecule has 1 aliphatic carbocycles. The average Bonchev–Trinajstić information content (AvgIpc) is 3.24. The topological polar surface area (TPSA) is 73.2 Å². The molecule has 2 aromatic carbocycles. The lowest BCUT2D eigenvalue weighted by molar-refractivity contribution is -0.137. The molecule has 186 valence electrons. The number of hydrogen-bond donors (Lipinski definition) is 1. The maximum Gasteiger partial charge on any atom is 0.418 e. The van der Waals surface area contributed by atoms with E-state index < -0.39 is 24.2 Å². The van der Waals surface area contributed by atoms with E-state index in [9.17, 15) is 22.8 Å². The summed E-state index contributed by atoms with van der Waals surface area (Å²) in [5.74, 6) is 0.0369. The Kier molecular flexibility index (Phi) is 6.29. The van der Waals surface area contributed by atoms with Crippen LogP contribution in [0.1, 0.15) is 28.8 Å². The maximum atomic E-state index is 13.8. The summed E-state index contributed by atoms with van der Waals surface area (Å²) >= 11 is 1.49. The Labute approximate surface area is 208 Å². The highest BCUT2D eigenvalue weighted by atomic mass is 32.1. The molecule has 0 fully saturated rings. The predicted molar refractivity (Wildman–Crippen MR) is 133 cm³/mol. The van der Waals surface area contributed by atoms with Crippen molar-refractivity contribution in [3.8, 4) is 17.1 Å². The zero-order valence-corrected chi connectivity index (χ0v) is 20.1. The number of carbonyl (C=O) groups excluding carboxylic acids is 1. The van der Waals surface area contributed by atoms with Gasteiger partial charge in [-0.25, -0.2) is 4.98 Å². The van der Waals surface area contributed by atoms with Gasteiger partial charge in [0.1, 0.15) is 22.9 Å². The van der Waals surface area contributed by atoms with Crippen molar-refractivity contribution in [2.75, 3.05) is 12.4 Å². The van der Waals surface area contributed by atoms with E-state index in [0.717, 1.165) is 42.2 Å². The summed E-state index contributed by atoms with van der Waals surface area (Å²) in [6.07, 6.45) is -1.00. The second-order valence-corrected chi connectivity index (χ2v) is 9.62. The number of fused-ring (bicyclic) bond motifs is 3. The lowest BCUT2D eigenvalue weighted by Gasteiger charge is -2.16. The number of nitrogens with one attached hydrogen (secondary N) is 1. The molecule has 2 heterocycles. The van der Waals surface area contributed by atoms with Crippen molar-refractivity contribution in [3.63, 3.8) is 0 Å². The van der Waals surface area contributed by atoms with Gasteiger partial charge in [0, 0.05) is 10.4 Å². The van der Waals surface area contributed by atoms with Crippen LogP contribution in [0.4, 0.5) is 18.9 Å². The summed E-state index contributed by atoms with van der Waals surface area (Å²) in [5.41, 5.74) is -0.181. The normalized spacial score (nSPS) is 13.4. The third-order valence-electron chi connectivity index (χ3n) is 6.21. The van der Waals surface area contributed by atoms with Crippen LogP contribution in [0, 0.1) is 0 Å². The number of nitrogens with zero attached hydrogens (tertiary/aromatic N) is 2. The van der Waals surface area contributed by atoms with Crippen LogP contribution < -0.4 is 15.6 Å². The van der Waals surface area contributed by atoms with Gasteiger partial charge >= 0.3 is 6.18 Å². The first-order valence-corrected chi connectivity index (χ1v) is 12.2. The van der Waals surface area contributed by atoms with E-state index in [1.165, 1.54) is 41.2 Å². The van der Waals surface area contributed by atoms with Gasteiger partial charge in [0.25, 0.3) is 5.56 Å².